The zero-order valence-electron chi connectivity index (χ0n) is 11.4. The van der Waals surface area contributed by atoms with Crippen LogP contribution in [0.1, 0.15) is 35.7 Å². The van der Waals surface area contributed by atoms with Crippen molar-refractivity contribution in [2.24, 2.45) is 0 Å². The normalized spacial score (nSPS) is 10.1. The number of carbonyl (C=O) groups is 2. The van der Waals surface area contributed by atoms with Crippen molar-refractivity contribution in [2.75, 3.05) is 13.7 Å². The van der Waals surface area contributed by atoms with E-state index in [1.807, 2.05) is 6.92 Å². The van der Waals surface area contributed by atoms with Gasteiger partial charge in [0.15, 0.2) is 17.3 Å². The standard InChI is InChI=1S/C14H18O5/c1-9-7-13(19-6-4-5-14(16)17)12(18-3)8-11(9)10(2)15/h7-8H,4-6H2,1-3H3,(H,16,17). The highest BCUT2D eigenvalue weighted by Gasteiger charge is 2.12. The van der Waals surface area contributed by atoms with Gasteiger partial charge in [0.2, 0.25) is 0 Å². The van der Waals surface area contributed by atoms with Crippen LogP contribution in [0, 0.1) is 6.92 Å². The molecule has 0 atom stereocenters. The maximum atomic E-state index is 11.4. The Morgan fingerprint density at radius 3 is 2.47 bits per heavy atom. The number of Topliss-reactive ketones (excluding diaryl/α,β-unsaturated/α-hetero) is 1. The van der Waals surface area contributed by atoms with Gasteiger partial charge >= 0.3 is 5.97 Å². The Hall–Kier alpha value is -2.04. The molecule has 1 N–H and O–H groups in total. The Morgan fingerprint density at radius 2 is 1.95 bits per heavy atom. The van der Waals surface area contributed by atoms with E-state index in [-0.39, 0.29) is 12.2 Å². The number of carboxylic acids is 1. The number of rotatable bonds is 7. The second-order valence-electron chi connectivity index (χ2n) is 4.22. The Balaban J connectivity index is 2.80. The molecule has 0 radical (unpaired) electrons. The Kier molecular flexibility index (Phi) is 5.36. The number of ether oxygens (including phenoxy) is 2. The van der Waals surface area contributed by atoms with Gasteiger partial charge in [-0.25, -0.2) is 0 Å². The third kappa shape index (κ3) is 4.28. The largest absolute Gasteiger partial charge is 0.493 e. The van der Waals surface area contributed by atoms with Crippen LogP contribution in [0.2, 0.25) is 0 Å². The molecule has 0 unspecified atom stereocenters. The zero-order chi connectivity index (χ0) is 14.4. The molecule has 0 aromatic heterocycles. The van der Waals surface area contributed by atoms with Crippen molar-refractivity contribution in [3.8, 4) is 11.5 Å². The molecule has 0 spiro atoms. The van der Waals surface area contributed by atoms with Crippen molar-refractivity contribution in [3.63, 3.8) is 0 Å². The van der Waals surface area contributed by atoms with Gasteiger partial charge in [0.1, 0.15) is 0 Å². The maximum absolute atomic E-state index is 11.4. The van der Waals surface area contributed by atoms with Crippen LogP contribution in [0.25, 0.3) is 0 Å². The lowest BCUT2D eigenvalue weighted by Gasteiger charge is -2.13. The lowest BCUT2D eigenvalue weighted by molar-refractivity contribution is -0.137. The number of hydrogen-bond acceptors (Lipinski definition) is 4. The predicted octanol–water partition coefficient (Wildman–Crippen LogP) is 2.45. The third-order valence-corrected chi connectivity index (χ3v) is 2.68. The van der Waals surface area contributed by atoms with Gasteiger partial charge in [-0.15, -0.1) is 0 Å². The molecule has 1 aromatic rings. The fourth-order valence-corrected chi connectivity index (χ4v) is 1.72. The first-order valence-corrected chi connectivity index (χ1v) is 6.00. The van der Waals surface area contributed by atoms with Gasteiger partial charge in [-0.1, -0.05) is 0 Å². The van der Waals surface area contributed by atoms with E-state index >= 15 is 0 Å². The molecule has 0 aliphatic rings. The summed E-state index contributed by atoms with van der Waals surface area (Å²) >= 11 is 0. The van der Waals surface area contributed by atoms with Gasteiger partial charge in [-0.05, 0) is 38.0 Å². The minimum Gasteiger partial charge on any atom is -0.493 e. The number of benzene rings is 1. The molecule has 0 bridgehead atoms. The molecule has 1 aromatic carbocycles. The van der Waals surface area contributed by atoms with Crippen molar-refractivity contribution >= 4 is 11.8 Å². The first-order valence-electron chi connectivity index (χ1n) is 6.00. The summed E-state index contributed by atoms with van der Waals surface area (Å²) in [5, 5.41) is 8.54. The molecule has 0 aliphatic carbocycles. The summed E-state index contributed by atoms with van der Waals surface area (Å²) in [5.41, 5.74) is 1.40. The molecule has 5 nitrogen and oxygen atoms in total. The summed E-state index contributed by atoms with van der Waals surface area (Å²) in [7, 11) is 1.50. The van der Waals surface area contributed by atoms with E-state index in [1.165, 1.54) is 14.0 Å². The van der Waals surface area contributed by atoms with E-state index in [2.05, 4.69) is 0 Å². The van der Waals surface area contributed by atoms with Gasteiger partial charge in [0, 0.05) is 12.0 Å². The van der Waals surface area contributed by atoms with Crippen LogP contribution in [0.3, 0.4) is 0 Å². The van der Waals surface area contributed by atoms with E-state index in [0.717, 1.165) is 5.56 Å². The number of methoxy groups -OCH3 is 1. The monoisotopic (exact) mass is 266 g/mol. The van der Waals surface area contributed by atoms with Crippen LogP contribution in [0.5, 0.6) is 11.5 Å². The zero-order valence-corrected chi connectivity index (χ0v) is 11.4. The molecule has 0 heterocycles. The number of hydrogen-bond donors (Lipinski definition) is 1. The minimum absolute atomic E-state index is 0.0340. The van der Waals surface area contributed by atoms with E-state index in [1.54, 1.807) is 12.1 Å². The summed E-state index contributed by atoms with van der Waals surface area (Å²) in [6.45, 7) is 3.61. The summed E-state index contributed by atoms with van der Waals surface area (Å²) in [4.78, 5) is 21.8. The van der Waals surface area contributed by atoms with Crippen LogP contribution in [-0.4, -0.2) is 30.6 Å². The molecule has 104 valence electrons. The maximum Gasteiger partial charge on any atom is 0.303 e. The first-order chi connectivity index (χ1) is 8.95. The number of ketones is 1. The van der Waals surface area contributed by atoms with Crippen LogP contribution >= 0.6 is 0 Å². The molecule has 0 saturated carbocycles. The van der Waals surface area contributed by atoms with Gasteiger partial charge < -0.3 is 14.6 Å². The predicted molar refractivity (Wildman–Crippen MR) is 70.1 cm³/mol. The molecule has 1 rings (SSSR count). The van der Waals surface area contributed by atoms with E-state index in [0.29, 0.717) is 30.1 Å². The van der Waals surface area contributed by atoms with Crippen molar-refractivity contribution < 1.29 is 24.2 Å². The van der Waals surface area contributed by atoms with Gasteiger partial charge in [-0.2, -0.15) is 0 Å². The quantitative estimate of drug-likeness (QED) is 0.606. The van der Waals surface area contributed by atoms with Gasteiger partial charge in [0.25, 0.3) is 0 Å². The molecular formula is C14H18O5. The second kappa shape index (κ2) is 6.78. The fraction of sp³-hybridized carbons (Fsp3) is 0.429. The smallest absolute Gasteiger partial charge is 0.303 e. The minimum atomic E-state index is -0.848. The molecule has 5 heteroatoms. The lowest BCUT2D eigenvalue weighted by Crippen LogP contribution is -2.05. The number of aryl methyl sites for hydroxylation is 1. The van der Waals surface area contributed by atoms with Crippen molar-refractivity contribution in [3.05, 3.63) is 23.3 Å². The molecule has 0 amide bonds. The highest BCUT2D eigenvalue weighted by atomic mass is 16.5. The Labute approximate surface area is 112 Å². The average molecular weight is 266 g/mol. The van der Waals surface area contributed by atoms with Crippen molar-refractivity contribution in [1.82, 2.24) is 0 Å². The summed E-state index contributed by atoms with van der Waals surface area (Å²) < 4.78 is 10.7. The van der Waals surface area contributed by atoms with Crippen LogP contribution in [0.15, 0.2) is 12.1 Å². The summed E-state index contributed by atoms with van der Waals surface area (Å²) in [6, 6.07) is 3.38. The van der Waals surface area contributed by atoms with Gasteiger partial charge in [-0.3, -0.25) is 9.59 Å². The summed E-state index contributed by atoms with van der Waals surface area (Å²) in [5.74, 6) is 0.119. The highest BCUT2D eigenvalue weighted by molar-refractivity contribution is 5.96. The van der Waals surface area contributed by atoms with E-state index < -0.39 is 5.97 Å². The summed E-state index contributed by atoms with van der Waals surface area (Å²) in [6.07, 6.45) is 0.485. The number of carboxylic acid groups (broad SMARTS) is 1. The lowest BCUT2D eigenvalue weighted by atomic mass is 10.0. The Bertz CT molecular complexity index is 479. The van der Waals surface area contributed by atoms with Crippen LogP contribution in [-0.2, 0) is 4.79 Å². The molecular weight excluding hydrogens is 248 g/mol. The van der Waals surface area contributed by atoms with Crippen molar-refractivity contribution in [2.45, 2.75) is 26.7 Å². The van der Waals surface area contributed by atoms with Crippen LogP contribution in [0.4, 0.5) is 0 Å². The van der Waals surface area contributed by atoms with E-state index in [9.17, 15) is 9.59 Å². The molecule has 19 heavy (non-hydrogen) atoms. The SMILES string of the molecule is COc1cc(C(C)=O)c(C)cc1OCCCC(=O)O. The number of carbonyl (C=O) groups excluding carboxylic acids is 1. The topological polar surface area (TPSA) is 72.8 Å². The van der Waals surface area contributed by atoms with Gasteiger partial charge in [0.05, 0.1) is 13.7 Å². The van der Waals surface area contributed by atoms with Crippen LogP contribution < -0.4 is 9.47 Å². The fourth-order valence-electron chi connectivity index (χ4n) is 1.72. The second-order valence-corrected chi connectivity index (χ2v) is 4.22. The average Bonchev–Trinajstić information content (AvgIpc) is 2.34. The molecule has 0 saturated heterocycles. The molecule has 0 fully saturated rings. The number of aliphatic carboxylic acids is 1. The van der Waals surface area contributed by atoms with E-state index in [4.69, 9.17) is 14.6 Å². The highest BCUT2D eigenvalue weighted by Crippen LogP contribution is 2.31. The first kappa shape index (κ1) is 15.0. The Morgan fingerprint density at radius 1 is 1.26 bits per heavy atom. The third-order valence-electron chi connectivity index (χ3n) is 2.68. The van der Waals surface area contributed by atoms with Crippen molar-refractivity contribution in [1.29, 1.82) is 0 Å². The molecule has 0 aliphatic heterocycles.